The van der Waals surface area contributed by atoms with Gasteiger partial charge in [-0.3, -0.25) is 14.4 Å². The number of halogens is 1. The SMILES string of the molecule is CC(C)NC(=O)[C@H]1CN2CC[C@@H]1C[C@@H]2Cn1cc(-c2ccc(F)cc2)nn1. The Labute approximate surface area is 158 Å². The highest BCUT2D eigenvalue weighted by molar-refractivity contribution is 5.79. The lowest BCUT2D eigenvalue weighted by Crippen LogP contribution is -2.58. The summed E-state index contributed by atoms with van der Waals surface area (Å²) >= 11 is 0. The summed E-state index contributed by atoms with van der Waals surface area (Å²) < 4.78 is 15.0. The number of nitrogens with one attached hydrogen (secondary N) is 1. The van der Waals surface area contributed by atoms with E-state index in [0.717, 1.165) is 43.7 Å². The number of fused-ring (bicyclic) bond motifs is 3. The van der Waals surface area contributed by atoms with Crippen LogP contribution in [-0.2, 0) is 11.3 Å². The summed E-state index contributed by atoms with van der Waals surface area (Å²) in [6.07, 6.45) is 4.02. The first-order chi connectivity index (χ1) is 13.0. The van der Waals surface area contributed by atoms with Crippen LogP contribution in [-0.4, -0.2) is 51.0 Å². The van der Waals surface area contributed by atoms with Crippen LogP contribution in [0, 0.1) is 17.7 Å². The van der Waals surface area contributed by atoms with E-state index in [1.807, 2.05) is 24.7 Å². The molecule has 2 bridgehead atoms. The van der Waals surface area contributed by atoms with Crippen molar-refractivity contribution >= 4 is 5.91 Å². The smallest absolute Gasteiger partial charge is 0.224 e. The van der Waals surface area contributed by atoms with E-state index in [9.17, 15) is 9.18 Å². The molecule has 144 valence electrons. The summed E-state index contributed by atoms with van der Waals surface area (Å²) in [4.78, 5) is 14.9. The maximum absolute atomic E-state index is 13.1. The van der Waals surface area contributed by atoms with Crippen molar-refractivity contribution in [3.8, 4) is 11.3 Å². The highest BCUT2D eigenvalue weighted by Gasteiger charge is 2.43. The second-order valence-electron chi connectivity index (χ2n) is 8.04. The number of piperidine rings is 3. The second kappa shape index (κ2) is 7.38. The van der Waals surface area contributed by atoms with E-state index < -0.39 is 0 Å². The lowest BCUT2D eigenvalue weighted by atomic mass is 9.75. The molecule has 1 aromatic heterocycles. The molecule has 3 aliphatic heterocycles. The van der Waals surface area contributed by atoms with Crippen LogP contribution in [0.15, 0.2) is 30.5 Å². The highest BCUT2D eigenvalue weighted by atomic mass is 19.1. The van der Waals surface area contributed by atoms with Gasteiger partial charge in [0.2, 0.25) is 5.91 Å². The Morgan fingerprint density at radius 3 is 2.78 bits per heavy atom. The standard InChI is InChI=1S/C20H26FN5O/c1-13(2)22-20(27)18-11-25-8-7-15(18)9-17(25)10-26-12-19(23-24-26)14-3-5-16(21)6-4-14/h3-6,12-13,15,17-18H,7-11H2,1-2H3,(H,22,27)/t15-,17-,18+/m1/s1. The fraction of sp³-hybridized carbons (Fsp3) is 0.550. The summed E-state index contributed by atoms with van der Waals surface area (Å²) in [7, 11) is 0. The molecule has 1 aromatic carbocycles. The molecular weight excluding hydrogens is 345 g/mol. The molecule has 4 atom stereocenters. The molecule has 0 radical (unpaired) electrons. The predicted octanol–water partition coefficient (Wildman–Crippen LogP) is 2.32. The first-order valence-corrected chi connectivity index (χ1v) is 9.70. The van der Waals surface area contributed by atoms with Gasteiger partial charge in [-0.05, 0) is 63.4 Å². The molecule has 1 amide bonds. The average molecular weight is 371 g/mol. The van der Waals surface area contributed by atoms with Gasteiger partial charge in [-0.2, -0.15) is 0 Å². The van der Waals surface area contributed by atoms with Gasteiger partial charge >= 0.3 is 0 Å². The Hall–Kier alpha value is -2.28. The molecule has 0 saturated carbocycles. The minimum absolute atomic E-state index is 0.0999. The van der Waals surface area contributed by atoms with E-state index in [1.165, 1.54) is 12.1 Å². The number of aromatic nitrogens is 3. The van der Waals surface area contributed by atoms with Crippen molar-refractivity contribution in [1.82, 2.24) is 25.2 Å². The van der Waals surface area contributed by atoms with Crippen LogP contribution in [0.4, 0.5) is 4.39 Å². The maximum atomic E-state index is 13.1. The quantitative estimate of drug-likeness (QED) is 0.876. The molecule has 3 saturated heterocycles. The third kappa shape index (κ3) is 3.88. The molecule has 7 heteroatoms. The van der Waals surface area contributed by atoms with Crippen molar-refractivity contribution < 1.29 is 9.18 Å². The number of carbonyl (C=O) groups excluding carboxylic acids is 1. The monoisotopic (exact) mass is 371 g/mol. The highest BCUT2D eigenvalue weighted by Crippen LogP contribution is 2.37. The van der Waals surface area contributed by atoms with Crippen molar-refractivity contribution in [2.45, 2.75) is 45.3 Å². The Bertz CT molecular complexity index is 803. The zero-order valence-electron chi connectivity index (χ0n) is 15.8. The number of hydrogen-bond acceptors (Lipinski definition) is 4. The number of carbonyl (C=O) groups is 1. The minimum atomic E-state index is -0.256. The number of nitrogens with zero attached hydrogens (tertiary/aromatic N) is 4. The summed E-state index contributed by atoms with van der Waals surface area (Å²) in [5.41, 5.74) is 1.61. The topological polar surface area (TPSA) is 63.1 Å². The molecule has 5 rings (SSSR count). The molecule has 0 spiro atoms. The summed E-state index contributed by atoms with van der Waals surface area (Å²) in [5, 5.41) is 11.5. The van der Waals surface area contributed by atoms with Crippen LogP contribution in [0.1, 0.15) is 26.7 Å². The fourth-order valence-corrected chi connectivity index (χ4v) is 4.37. The third-order valence-corrected chi connectivity index (χ3v) is 5.72. The molecular formula is C20H26FN5O. The molecule has 2 aromatic rings. The van der Waals surface area contributed by atoms with Gasteiger partial charge in [0, 0.05) is 24.2 Å². The Balaban J connectivity index is 1.40. The summed E-state index contributed by atoms with van der Waals surface area (Å²) in [5.74, 6) is 0.479. The summed E-state index contributed by atoms with van der Waals surface area (Å²) in [6.45, 7) is 6.65. The summed E-state index contributed by atoms with van der Waals surface area (Å²) in [6, 6.07) is 6.87. The van der Waals surface area contributed by atoms with Gasteiger partial charge < -0.3 is 5.32 Å². The number of benzene rings is 1. The second-order valence-corrected chi connectivity index (χ2v) is 8.04. The van der Waals surface area contributed by atoms with Gasteiger partial charge in [-0.25, -0.2) is 4.39 Å². The Morgan fingerprint density at radius 2 is 2.11 bits per heavy atom. The molecule has 3 fully saturated rings. The van der Waals surface area contributed by atoms with Crippen LogP contribution in [0.25, 0.3) is 11.3 Å². The number of rotatable bonds is 5. The molecule has 6 nitrogen and oxygen atoms in total. The first kappa shape index (κ1) is 18.1. The fourth-order valence-electron chi connectivity index (χ4n) is 4.37. The normalized spacial score (nSPS) is 27.1. The van der Waals surface area contributed by atoms with Crippen molar-refractivity contribution in [3.63, 3.8) is 0 Å². The van der Waals surface area contributed by atoms with Gasteiger partial charge in [0.1, 0.15) is 11.5 Å². The molecule has 1 unspecified atom stereocenters. The van der Waals surface area contributed by atoms with E-state index in [1.54, 1.807) is 12.1 Å². The van der Waals surface area contributed by atoms with Gasteiger partial charge in [-0.1, -0.05) is 5.21 Å². The zero-order chi connectivity index (χ0) is 19.0. The third-order valence-electron chi connectivity index (χ3n) is 5.72. The Kier molecular flexibility index (Phi) is 4.95. The van der Waals surface area contributed by atoms with Gasteiger partial charge in [-0.15, -0.1) is 5.10 Å². The maximum Gasteiger partial charge on any atom is 0.224 e. The van der Waals surface area contributed by atoms with Crippen molar-refractivity contribution in [2.24, 2.45) is 11.8 Å². The van der Waals surface area contributed by atoms with Crippen LogP contribution >= 0.6 is 0 Å². The van der Waals surface area contributed by atoms with E-state index in [4.69, 9.17) is 0 Å². The average Bonchev–Trinajstić information content (AvgIpc) is 3.10. The van der Waals surface area contributed by atoms with Crippen LogP contribution in [0.3, 0.4) is 0 Å². The Morgan fingerprint density at radius 1 is 1.33 bits per heavy atom. The van der Waals surface area contributed by atoms with Crippen LogP contribution in [0.5, 0.6) is 0 Å². The van der Waals surface area contributed by atoms with E-state index >= 15 is 0 Å². The molecule has 1 N–H and O–H groups in total. The lowest BCUT2D eigenvalue weighted by Gasteiger charge is -2.49. The minimum Gasteiger partial charge on any atom is -0.354 e. The van der Waals surface area contributed by atoms with Gasteiger partial charge in [0.15, 0.2) is 0 Å². The van der Waals surface area contributed by atoms with E-state index in [0.29, 0.717) is 12.0 Å². The van der Waals surface area contributed by atoms with Gasteiger partial charge in [0.05, 0.1) is 18.7 Å². The van der Waals surface area contributed by atoms with E-state index in [-0.39, 0.29) is 23.7 Å². The van der Waals surface area contributed by atoms with Crippen LogP contribution < -0.4 is 5.32 Å². The molecule has 4 heterocycles. The number of amides is 1. The largest absolute Gasteiger partial charge is 0.354 e. The van der Waals surface area contributed by atoms with Gasteiger partial charge in [0.25, 0.3) is 0 Å². The lowest BCUT2D eigenvalue weighted by molar-refractivity contribution is -0.133. The van der Waals surface area contributed by atoms with Crippen molar-refractivity contribution in [2.75, 3.05) is 13.1 Å². The van der Waals surface area contributed by atoms with Crippen LogP contribution in [0.2, 0.25) is 0 Å². The number of hydrogen-bond donors (Lipinski definition) is 1. The van der Waals surface area contributed by atoms with E-state index in [2.05, 4.69) is 20.5 Å². The molecule has 3 aliphatic rings. The zero-order valence-corrected chi connectivity index (χ0v) is 15.8. The van der Waals surface area contributed by atoms with Crippen molar-refractivity contribution in [1.29, 1.82) is 0 Å². The predicted molar refractivity (Wildman–Crippen MR) is 100 cm³/mol. The molecule has 0 aliphatic carbocycles. The molecule has 27 heavy (non-hydrogen) atoms. The first-order valence-electron chi connectivity index (χ1n) is 9.70. The van der Waals surface area contributed by atoms with Crippen molar-refractivity contribution in [3.05, 3.63) is 36.3 Å².